The summed E-state index contributed by atoms with van der Waals surface area (Å²) in [5.41, 5.74) is 0.737. The molecule has 1 aromatic rings. The number of rotatable bonds is 5. The zero-order valence-corrected chi connectivity index (χ0v) is 16.5. The number of ether oxygens (including phenoxy) is 1. The first-order valence-electron chi connectivity index (χ1n) is 9.28. The smallest absolute Gasteiger partial charge is 0.294 e. The van der Waals surface area contributed by atoms with E-state index in [1.165, 1.54) is 0 Å². The second-order valence-corrected chi connectivity index (χ2v) is 7.66. The minimum atomic E-state index is -0.422. The van der Waals surface area contributed by atoms with E-state index in [0.717, 1.165) is 41.5 Å². The van der Waals surface area contributed by atoms with E-state index in [4.69, 9.17) is 4.74 Å². The van der Waals surface area contributed by atoms with E-state index in [1.807, 2.05) is 38.1 Å². The van der Waals surface area contributed by atoms with Gasteiger partial charge in [0.15, 0.2) is 0 Å². The van der Waals surface area contributed by atoms with Crippen LogP contribution in [-0.4, -0.2) is 52.6 Å². The monoisotopic (exact) mass is 388 g/mol. The predicted molar refractivity (Wildman–Crippen MR) is 105 cm³/mol. The molecular formula is C20H24N2O4S. The van der Waals surface area contributed by atoms with E-state index >= 15 is 0 Å². The van der Waals surface area contributed by atoms with Gasteiger partial charge in [-0.15, -0.1) is 0 Å². The topological polar surface area (TPSA) is 66.9 Å². The van der Waals surface area contributed by atoms with Crippen LogP contribution >= 0.6 is 11.8 Å². The molecule has 1 aromatic carbocycles. The molecule has 27 heavy (non-hydrogen) atoms. The number of likely N-dealkylation sites (tertiary alicyclic amines) is 1. The molecule has 0 aromatic heterocycles. The fourth-order valence-electron chi connectivity index (χ4n) is 3.36. The molecule has 0 saturated carbocycles. The Morgan fingerprint density at radius 3 is 2.81 bits per heavy atom. The van der Waals surface area contributed by atoms with Crippen molar-refractivity contribution in [1.82, 2.24) is 9.80 Å². The first kappa shape index (κ1) is 19.5. The van der Waals surface area contributed by atoms with Gasteiger partial charge < -0.3 is 9.64 Å². The van der Waals surface area contributed by atoms with Crippen LogP contribution in [0, 0.1) is 0 Å². The van der Waals surface area contributed by atoms with E-state index in [9.17, 15) is 14.4 Å². The quantitative estimate of drug-likeness (QED) is 0.722. The summed E-state index contributed by atoms with van der Waals surface area (Å²) in [5, 5.41) is -0.404. The van der Waals surface area contributed by atoms with Crippen LogP contribution in [0.4, 0.5) is 4.79 Å². The van der Waals surface area contributed by atoms with Crippen molar-refractivity contribution < 1.29 is 19.1 Å². The number of para-hydroxylation sites is 1. The third-order valence-corrected chi connectivity index (χ3v) is 5.70. The molecule has 0 aliphatic carbocycles. The van der Waals surface area contributed by atoms with Gasteiger partial charge in [-0.3, -0.25) is 19.3 Å². The van der Waals surface area contributed by atoms with Crippen molar-refractivity contribution >= 4 is 34.9 Å². The molecule has 2 aliphatic heterocycles. The third-order valence-electron chi connectivity index (χ3n) is 4.80. The molecule has 7 heteroatoms. The maximum atomic E-state index is 12.7. The van der Waals surface area contributed by atoms with Crippen LogP contribution in [0.5, 0.6) is 5.75 Å². The van der Waals surface area contributed by atoms with E-state index in [2.05, 4.69) is 0 Å². The molecule has 2 aliphatic rings. The van der Waals surface area contributed by atoms with Crippen LogP contribution < -0.4 is 4.74 Å². The van der Waals surface area contributed by atoms with Gasteiger partial charge in [0.2, 0.25) is 5.91 Å². The van der Waals surface area contributed by atoms with Gasteiger partial charge in [-0.05, 0) is 57.0 Å². The number of hydrogen-bond donors (Lipinski definition) is 0. The second-order valence-electron chi connectivity index (χ2n) is 6.67. The van der Waals surface area contributed by atoms with Gasteiger partial charge in [0, 0.05) is 18.2 Å². The summed E-state index contributed by atoms with van der Waals surface area (Å²) in [6.07, 6.45) is 4.69. The van der Waals surface area contributed by atoms with Crippen LogP contribution in [0.15, 0.2) is 29.2 Å². The van der Waals surface area contributed by atoms with E-state index < -0.39 is 11.1 Å². The molecule has 2 heterocycles. The fourth-order valence-corrected chi connectivity index (χ4v) is 4.19. The molecule has 0 bridgehead atoms. The lowest BCUT2D eigenvalue weighted by atomic mass is 10.0. The molecule has 0 N–H and O–H groups in total. The Kier molecular flexibility index (Phi) is 6.21. The van der Waals surface area contributed by atoms with Gasteiger partial charge in [0.25, 0.3) is 11.1 Å². The van der Waals surface area contributed by atoms with Crippen LogP contribution in [0.25, 0.3) is 6.08 Å². The molecule has 3 rings (SSSR count). The number of carbonyl (C=O) groups excluding carboxylic acids is 3. The molecule has 2 fully saturated rings. The Morgan fingerprint density at radius 1 is 1.30 bits per heavy atom. The lowest BCUT2D eigenvalue weighted by Gasteiger charge is -2.34. The largest absolute Gasteiger partial charge is 0.493 e. The number of thioether (sulfide) groups is 1. The average molecular weight is 388 g/mol. The number of imide groups is 1. The first-order chi connectivity index (χ1) is 13.0. The van der Waals surface area contributed by atoms with Gasteiger partial charge >= 0.3 is 0 Å². The molecule has 0 spiro atoms. The Labute approximate surface area is 163 Å². The summed E-state index contributed by atoms with van der Waals surface area (Å²) in [6, 6.07) is 7.51. The number of benzene rings is 1. The van der Waals surface area contributed by atoms with Crippen molar-refractivity contribution in [2.75, 3.05) is 19.7 Å². The molecule has 6 nitrogen and oxygen atoms in total. The first-order valence-corrected chi connectivity index (χ1v) is 10.1. The van der Waals surface area contributed by atoms with Crippen LogP contribution in [0.2, 0.25) is 0 Å². The maximum Gasteiger partial charge on any atom is 0.294 e. The van der Waals surface area contributed by atoms with Gasteiger partial charge in [0.1, 0.15) is 12.3 Å². The predicted octanol–water partition coefficient (Wildman–Crippen LogP) is 3.52. The van der Waals surface area contributed by atoms with Crippen molar-refractivity contribution in [3.05, 3.63) is 34.7 Å². The lowest BCUT2D eigenvalue weighted by molar-refractivity contribution is -0.138. The average Bonchev–Trinajstić information content (AvgIpc) is 2.91. The highest BCUT2D eigenvalue weighted by atomic mass is 32.2. The van der Waals surface area contributed by atoms with Crippen LogP contribution in [0.3, 0.4) is 0 Å². The van der Waals surface area contributed by atoms with Crippen molar-refractivity contribution in [1.29, 1.82) is 0 Å². The highest BCUT2D eigenvalue weighted by Crippen LogP contribution is 2.34. The second kappa shape index (κ2) is 8.61. The summed E-state index contributed by atoms with van der Waals surface area (Å²) in [5.74, 6) is 0.0693. The van der Waals surface area contributed by atoms with Crippen molar-refractivity contribution in [2.45, 2.75) is 39.2 Å². The van der Waals surface area contributed by atoms with E-state index in [0.29, 0.717) is 23.8 Å². The van der Waals surface area contributed by atoms with Crippen LogP contribution in [-0.2, 0) is 9.59 Å². The fraction of sp³-hybridized carbons (Fsp3) is 0.450. The Morgan fingerprint density at radius 2 is 2.07 bits per heavy atom. The molecule has 0 radical (unpaired) electrons. The standard InChI is InChI=1S/C20H24N2O4S/c1-3-26-16-10-5-4-9-15(16)12-17-19(24)22(20(25)27-17)13-18(23)21-11-7-6-8-14(21)2/h4-5,9-10,12,14H,3,6-8,11,13H2,1-2H3/b17-12-/t14-/m0/s1. The molecule has 0 unspecified atom stereocenters. The van der Waals surface area contributed by atoms with Crippen molar-refractivity contribution in [3.63, 3.8) is 0 Å². The zero-order chi connectivity index (χ0) is 19.4. The van der Waals surface area contributed by atoms with E-state index in [-0.39, 0.29) is 18.5 Å². The lowest BCUT2D eigenvalue weighted by Crippen LogP contribution is -2.47. The minimum Gasteiger partial charge on any atom is -0.493 e. The number of nitrogens with zero attached hydrogens (tertiary/aromatic N) is 2. The van der Waals surface area contributed by atoms with Gasteiger partial charge in [-0.2, -0.15) is 0 Å². The summed E-state index contributed by atoms with van der Waals surface area (Å²) in [7, 11) is 0. The highest BCUT2D eigenvalue weighted by Gasteiger charge is 2.38. The molecule has 2 saturated heterocycles. The third kappa shape index (κ3) is 4.35. The minimum absolute atomic E-state index is 0.153. The summed E-state index contributed by atoms with van der Waals surface area (Å²) >= 11 is 0.865. The SMILES string of the molecule is CCOc1ccccc1/C=C1\SC(=O)N(CC(=O)N2CCCC[C@@H]2C)C1=O. The van der Waals surface area contributed by atoms with Crippen LogP contribution in [0.1, 0.15) is 38.7 Å². The van der Waals surface area contributed by atoms with Gasteiger partial charge in [-0.25, -0.2) is 0 Å². The molecule has 3 amide bonds. The number of carbonyl (C=O) groups is 3. The van der Waals surface area contributed by atoms with Crippen molar-refractivity contribution in [3.8, 4) is 5.75 Å². The molecular weight excluding hydrogens is 364 g/mol. The van der Waals surface area contributed by atoms with Crippen molar-refractivity contribution in [2.24, 2.45) is 0 Å². The Balaban J connectivity index is 1.74. The Bertz CT molecular complexity index is 777. The summed E-state index contributed by atoms with van der Waals surface area (Å²) in [6.45, 7) is 4.90. The maximum absolute atomic E-state index is 12.7. The highest BCUT2D eigenvalue weighted by molar-refractivity contribution is 8.18. The van der Waals surface area contributed by atoms with Gasteiger partial charge in [-0.1, -0.05) is 18.2 Å². The number of piperidine rings is 1. The summed E-state index contributed by atoms with van der Waals surface area (Å²) in [4.78, 5) is 40.7. The summed E-state index contributed by atoms with van der Waals surface area (Å²) < 4.78 is 5.57. The Hall–Kier alpha value is -2.28. The molecule has 144 valence electrons. The van der Waals surface area contributed by atoms with E-state index in [1.54, 1.807) is 11.0 Å². The normalized spacial score (nSPS) is 21.9. The van der Waals surface area contributed by atoms with Gasteiger partial charge in [0.05, 0.1) is 11.5 Å². The number of hydrogen-bond acceptors (Lipinski definition) is 5. The number of amides is 3. The molecule has 1 atom stereocenters. The zero-order valence-electron chi connectivity index (χ0n) is 15.6.